The maximum absolute atomic E-state index is 5.74. The van der Waals surface area contributed by atoms with Gasteiger partial charge in [-0.2, -0.15) is 0 Å². The zero-order chi connectivity index (χ0) is 11.8. The Kier molecular flexibility index (Phi) is 3.09. The largest absolute Gasteiger partial charge is 0.477 e. The van der Waals surface area contributed by atoms with Gasteiger partial charge in [-0.05, 0) is 54.1 Å². The minimum atomic E-state index is 0.155. The van der Waals surface area contributed by atoms with E-state index >= 15 is 0 Å². The summed E-state index contributed by atoms with van der Waals surface area (Å²) >= 11 is 3.72. The molecular formula is C13H16BrNO2. The quantitative estimate of drug-likeness (QED) is 0.840. The Morgan fingerprint density at radius 3 is 3.12 bits per heavy atom. The maximum atomic E-state index is 5.74. The van der Waals surface area contributed by atoms with Crippen molar-refractivity contribution in [2.75, 3.05) is 13.2 Å². The van der Waals surface area contributed by atoms with E-state index < -0.39 is 0 Å². The Hall–Kier alpha value is -0.610. The lowest BCUT2D eigenvalue weighted by Crippen LogP contribution is -2.13. The molecule has 1 aromatic rings. The molecule has 0 fully saturated rings. The standard InChI is InChI=1S/C13H16BrNO2/c1-2-16-10-6-5-8-11(14)9-4-3-7-17-13(9)15-12(8)10/h10H,2-7H2,1H3. The zero-order valence-corrected chi connectivity index (χ0v) is 11.5. The van der Waals surface area contributed by atoms with Gasteiger partial charge in [-0.1, -0.05) is 0 Å². The van der Waals surface area contributed by atoms with E-state index in [0.717, 1.165) is 50.5 Å². The molecule has 0 aromatic carbocycles. The van der Waals surface area contributed by atoms with E-state index in [0.29, 0.717) is 0 Å². The van der Waals surface area contributed by atoms with Gasteiger partial charge < -0.3 is 9.47 Å². The molecule has 2 aliphatic rings. The average Bonchev–Trinajstić information content (AvgIpc) is 2.74. The summed E-state index contributed by atoms with van der Waals surface area (Å²) in [5, 5.41) is 0. The minimum absolute atomic E-state index is 0.155. The number of halogens is 1. The summed E-state index contributed by atoms with van der Waals surface area (Å²) in [6.07, 6.45) is 4.40. The van der Waals surface area contributed by atoms with Gasteiger partial charge in [0, 0.05) is 16.6 Å². The molecule has 1 aromatic heterocycles. The fourth-order valence-corrected chi connectivity index (χ4v) is 3.44. The molecule has 1 aliphatic heterocycles. The van der Waals surface area contributed by atoms with E-state index in [2.05, 4.69) is 20.9 Å². The summed E-state index contributed by atoms with van der Waals surface area (Å²) in [5.74, 6) is 0.813. The molecular weight excluding hydrogens is 282 g/mol. The summed E-state index contributed by atoms with van der Waals surface area (Å²) in [6.45, 7) is 3.55. The van der Waals surface area contributed by atoms with Gasteiger partial charge >= 0.3 is 0 Å². The first-order valence-electron chi connectivity index (χ1n) is 6.26. The van der Waals surface area contributed by atoms with Crippen molar-refractivity contribution >= 4 is 15.9 Å². The number of hydrogen-bond donors (Lipinski definition) is 0. The number of pyridine rings is 1. The first-order valence-corrected chi connectivity index (χ1v) is 7.06. The monoisotopic (exact) mass is 297 g/mol. The topological polar surface area (TPSA) is 31.4 Å². The van der Waals surface area contributed by atoms with E-state index in [1.807, 2.05) is 6.92 Å². The lowest BCUT2D eigenvalue weighted by atomic mass is 10.1. The highest BCUT2D eigenvalue weighted by Gasteiger charge is 2.30. The van der Waals surface area contributed by atoms with Gasteiger partial charge in [0.1, 0.15) is 6.10 Å². The average molecular weight is 298 g/mol. The molecule has 3 rings (SSSR count). The molecule has 1 aliphatic carbocycles. The van der Waals surface area contributed by atoms with Crippen molar-refractivity contribution in [3.05, 3.63) is 21.3 Å². The molecule has 1 atom stereocenters. The van der Waals surface area contributed by atoms with Gasteiger partial charge in [0.25, 0.3) is 0 Å². The summed E-state index contributed by atoms with van der Waals surface area (Å²) in [5.41, 5.74) is 3.65. The van der Waals surface area contributed by atoms with Crippen LogP contribution in [0.2, 0.25) is 0 Å². The fourth-order valence-electron chi connectivity index (χ4n) is 2.67. The van der Waals surface area contributed by atoms with Crippen LogP contribution in [0.3, 0.4) is 0 Å². The van der Waals surface area contributed by atoms with Crippen molar-refractivity contribution in [3.63, 3.8) is 0 Å². The molecule has 3 nitrogen and oxygen atoms in total. The molecule has 92 valence electrons. The molecule has 0 bridgehead atoms. The summed E-state index contributed by atoms with van der Waals surface area (Å²) in [4.78, 5) is 4.68. The van der Waals surface area contributed by atoms with Crippen molar-refractivity contribution < 1.29 is 9.47 Å². The van der Waals surface area contributed by atoms with Crippen LogP contribution in [0, 0.1) is 0 Å². The lowest BCUT2D eigenvalue weighted by molar-refractivity contribution is 0.0607. The third-order valence-electron chi connectivity index (χ3n) is 3.46. The Balaban J connectivity index is 2.05. The number of ether oxygens (including phenoxy) is 2. The SMILES string of the molecule is CCOC1CCc2c1nc1c(c2Br)CCCO1. The van der Waals surface area contributed by atoms with Crippen LogP contribution in [0.4, 0.5) is 0 Å². The number of hydrogen-bond acceptors (Lipinski definition) is 3. The first-order chi connectivity index (χ1) is 8.31. The molecule has 0 saturated heterocycles. The van der Waals surface area contributed by atoms with Crippen molar-refractivity contribution in [1.82, 2.24) is 4.98 Å². The molecule has 0 amide bonds. The maximum Gasteiger partial charge on any atom is 0.218 e. The molecule has 17 heavy (non-hydrogen) atoms. The molecule has 0 spiro atoms. The third-order valence-corrected chi connectivity index (χ3v) is 4.42. The van der Waals surface area contributed by atoms with Crippen LogP contribution >= 0.6 is 15.9 Å². The van der Waals surface area contributed by atoms with Crippen LogP contribution in [0.15, 0.2) is 4.47 Å². The van der Waals surface area contributed by atoms with Gasteiger partial charge in [-0.3, -0.25) is 0 Å². The van der Waals surface area contributed by atoms with Gasteiger partial charge in [0.05, 0.1) is 12.3 Å². The van der Waals surface area contributed by atoms with Gasteiger partial charge in [0.15, 0.2) is 0 Å². The second-order valence-electron chi connectivity index (χ2n) is 4.51. The second kappa shape index (κ2) is 4.58. The van der Waals surface area contributed by atoms with Crippen molar-refractivity contribution in [1.29, 1.82) is 0 Å². The van der Waals surface area contributed by atoms with Crippen molar-refractivity contribution in [2.45, 2.75) is 38.7 Å². The molecule has 0 radical (unpaired) electrons. The first kappa shape index (κ1) is 11.5. The lowest BCUT2D eigenvalue weighted by Gasteiger charge is -2.20. The Labute approximate surface area is 110 Å². The summed E-state index contributed by atoms with van der Waals surface area (Å²) < 4.78 is 12.6. The predicted molar refractivity (Wildman–Crippen MR) is 68.4 cm³/mol. The Bertz CT molecular complexity index is 448. The van der Waals surface area contributed by atoms with Crippen LogP contribution in [0.5, 0.6) is 5.88 Å². The van der Waals surface area contributed by atoms with Crippen LogP contribution < -0.4 is 4.74 Å². The van der Waals surface area contributed by atoms with Gasteiger partial charge in [-0.25, -0.2) is 4.98 Å². The van der Waals surface area contributed by atoms with Crippen LogP contribution in [-0.4, -0.2) is 18.2 Å². The highest BCUT2D eigenvalue weighted by molar-refractivity contribution is 9.10. The number of rotatable bonds is 2. The fraction of sp³-hybridized carbons (Fsp3) is 0.615. The number of aromatic nitrogens is 1. The number of nitrogens with zero attached hydrogens (tertiary/aromatic N) is 1. The summed E-state index contributed by atoms with van der Waals surface area (Å²) in [7, 11) is 0. The third kappa shape index (κ3) is 1.87. The Morgan fingerprint density at radius 2 is 2.29 bits per heavy atom. The van der Waals surface area contributed by atoms with Crippen LogP contribution in [-0.2, 0) is 17.6 Å². The molecule has 1 unspecified atom stereocenters. The normalized spacial score (nSPS) is 21.9. The minimum Gasteiger partial charge on any atom is -0.477 e. The molecule has 0 N–H and O–H groups in total. The van der Waals surface area contributed by atoms with Crippen LogP contribution in [0.25, 0.3) is 0 Å². The molecule has 0 saturated carbocycles. The smallest absolute Gasteiger partial charge is 0.218 e. The van der Waals surface area contributed by atoms with E-state index in [1.165, 1.54) is 15.6 Å². The van der Waals surface area contributed by atoms with Crippen LogP contribution in [0.1, 0.15) is 42.7 Å². The van der Waals surface area contributed by atoms with Gasteiger partial charge in [-0.15, -0.1) is 0 Å². The van der Waals surface area contributed by atoms with Gasteiger partial charge in [0.2, 0.25) is 5.88 Å². The Morgan fingerprint density at radius 1 is 1.41 bits per heavy atom. The number of fused-ring (bicyclic) bond motifs is 2. The molecule has 2 heterocycles. The second-order valence-corrected chi connectivity index (χ2v) is 5.30. The van der Waals surface area contributed by atoms with Crippen molar-refractivity contribution in [3.8, 4) is 5.88 Å². The van der Waals surface area contributed by atoms with E-state index in [1.54, 1.807) is 0 Å². The van der Waals surface area contributed by atoms with Crippen molar-refractivity contribution in [2.24, 2.45) is 0 Å². The van der Waals surface area contributed by atoms with E-state index in [-0.39, 0.29) is 6.10 Å². The molecule has 4 heteroatoms. The van der Waals surface area contributed by atoms with E-state index in [9.17, 15) is 0 Å². The van der Waals surface area contributed by atoms with E-state index in [4.69, 9.17) is 9.47 Å². The summed E-state index contributed by atoms with van der Waals surface area (Å²) in [6, 6.07) is 0. The predicted octanol–water partition coefficient (Wildman–Crippen LogP) is 3.19. The zero-order valence-electron chi connectivity index (χ0n) is 9.96. The highest BCUT2D eigenvalue weighted by Crippen LogP contribution is 2.42. The highest BCUT2D eigenvalue weighted by atomic mass is 79.9.